The molecule has 0 radical (unpaired) electrons. The molecule has 0 N–H and O–H groups in total. The number of aliphatic carboxylic acids is 1. The molecule has 3 aromatic heterocycles. The van der Waals surface area contributed by atoms with E-state index in [1.54, 1.807) is 48.1 Å². The number of fused-ring (bicyclic) bond motifs is 1. The van der Waals surface area contributed by atoms with E-state index < -0.39 is 37.8 Å². The summed E-state index contributed by atoms with van der Waals surface area (Å²) in [6.07, 6.45) is 4.88. The van der Waals surface area contributed by atoms with E-state index in [-0.39, 0.29) is 57.1 Å². The molecule has 218 valence electrons. The molecule has 16 heteroatoms. The summed E-state index contributed by atoms with van der Waals surface area (Å²) in [5, 5.41) is 9.96. The fourth-order valence-corrected chi connectivity index (χ4v) is 7.42. The Kier molecular flexibility index (Phi) is 9.22. The molecule has 2 aromatic carbocycles. The molecule has 5 aromatic rings. The number of pyridine rings is 1. The van der Waals surface area contributed by atoms with Gasteiger partial charge in [0, 0.05) is 36.9 Å². The van der Waals surface area contributed by atoms with Gasteiger partial charge in [-0.25, -0.2) is 26.7 Å². The van der Waals surface area contributed by atoms with Crippen LogP contribution in [0.5, 0.6) is 11.5 Å². The Bertz CT molecular complexity index is 2010. The first kappa shape index (κ1) is 32.0. The van der Waals surface area contributed by atoms with Crippen molar-refractivity contribution in [2.24, 2.45) is 0 Å². The Morgan fingerprint density at radius 1 is 1.02 bits per heavy atom. The summed E-state index contributed by atoms with van der Waals surface area (Å²) in [5.41, 5.74) is 1.11. The predicted molar refractivity (Wildman–Crippen MR) is 150 cm³/mol. The summed E-state index contributed by atoms with van der Waals surface area (Å²) in [6, 6.07) is 14.7. The Morgan fingerprint density at radius 3 is 2.33 bits per heavy atom. The van der Waals surface area contributed by atoms with E-state index in [4.69, 9.17) is 9.47 Å². The van der Waals surface area contributed by atoms with Crippen molar-refractivity contribution in [1.29, 1.82) is 0 Å². The fourth-order valence-electron chi connectivity index (χ4n) is 4.32. The normalized spacial score (nSPS) is 11.6. The number of imidazole rings is 1. The monoisotopic (exact) mass is 633 g/mol. The van der Waals surface area contributed by atoms with Gasteiger partial charge in [-0.2, -0.15) is 8.42 Å². The molecular weight excluding hydrogens is 609 g/mol. The van der Waals surface area contributed by atoms with Crippen LogP contribution >= 0.6 is 0 Å². The first-order valence-electron chi connectivity index (χ1n) is 12.3. The summed E-state index contributed by atoms with van der Waals surface area (Å²) in [7, 11) is -6.55. The van der Waals surface area contributed by atoms with Crippen molar-refractivity contribution in [1.82, 2.24) is 18.5 Å². The van der Waals surface area contributed by atoms with Gasteiger partial charge in [0.25, 0.3) is 25.2 Å². The second kappa shape index (κ2) is 12.4. The van der Waals surface area contributed by atoms with E-state index in [0.29, 0.717) is 21.0 Å². The molecular formula is C27H24N5NaO8S2. The van der Waals surface area contributed by atoms with E-state index >= 15 is 0 Å². The molecule has 0 aliphatic carbocycles. The number of anilines is 1. The third-order valence-electron chi connectivity index (χ3n) is 6.43. The van der Waals surface area contributed by atoms with Crippen LogP contribution < -0.4 is 48.4 Å². The first-order valence-corrected chi connectivity index (χ1v) is 15.2. The summed E-state index contributed by atoms with van der Waals surface area (Å²) < 4.78 is 70.0. The zero-order chi connectivity index (χ0) is 30.2. The van der Waals surface area contributed by atoms with Gasteiger partial charge in [0.2, 0.25) is 0 Å². The summed E-state index contributed by atoms with van der Waals surface area (Å²) in [6.45, 7) is 0.896. The van der Waals surface area contributed by atoms with Crippen LogP contribution in [0.15, 0.2) is 89.3 Å². The van der Waals surface area contributed by atoms with Crippen molar-refractivity contribution in [3.05, 3.63) is 84.8 Å². The number of carboxylic acid groups (broad SMARTS) is 1. The largest absolute Gasteiger partial charge is 1.00 e. The fraction of sp³-hybridized carbons (Fsp3) is 0.148. The van der Waals surface area contributed by atoms with Crippen molar-refractivity contribution in [2.45, 2.75) is 17.0 Å². The number of hydrogen-bond acceptors (Lipinski definition) is 10. The number of aromatic nitrogens is 4. The predicted octanol–water partition coefficient (Wildman–Crippen LogP) is -1.27. The van der Waals surface area contributed by atoms with Crippen molar-refractivity contribution in [2.75, 3.05) is 25.1 Å². The van der Waals surface area contributed by atoms with E-state index in [9.17, 15) is 26.7 Å². The summed E-state index contributed by atoms with van der Waals surface area (Å²) in [4.78, 5) is 18.9. The van der Waals surface area contributed by atoms with Gasteiger partial charge in [-0.05, 0) is 67.6 Å². The second-order valence-corrected chi connectivity index (χ2v) is 12.6. The van der Waals surface area contributed by atoms with Crippen molar-refractivity contribution in [3.8, 4) is 17.2 Å². The van der Waals surface area contributed by atoms with Crippen LogP contribution in [-0.4, -0.2) is 62.1 Å². The van der Waals surface area contributed by atoms with E-state index in [1.807, 2.05) is 0 Å². The smallest absolute Gasteiger partial charge is 0.546 e. The van der Waals surface area contributed by atoms with Crippen molar-refractivity contribution in [3.63, 3.8) is 0 Å². The van der Waals surface area contributed by atoms with Crippen molar-refractivity contribution < 1.29 is 65.8 Å². The van der Waals surface area contributed by atoms with Gasteiger partial charge >= 0.3 is 29.6 Å². The molecule has 0 saturated carbocycles. The first-order chi connectivity index (χ1) is 19.9. The summed E-state index contributed by atoms with van der Waals surface area (Å²) in [5.74, 6) is -0.959. The Hall–Kier alpha value is -3.89. The number of benzene rings is 2. The topological polar surface area (TPSA) is 166 Å². The quantitative estimate of drug-likeness (QED) is 0.169. The number of carbonyl (C=O) groups excluding carboxylic acids is 1. The van der Waals surface area contributed by atoms with Crippen LogP contribution in [0.4, 0.5) is 5.82 Å². The molecule has 0 atom stereocenters. The van der Waals surface area contributed by atoms with Gasteiger partial charge in [-0.15, -0.1) is 0 Å². The number of methoxy groups -OCH3 is 1. The SMILES string of the molecule is COc1ccnc(N(C)S(=O)(=O)c2nc3ccc(-n4cccc4)cc3n2S(=O)(=O)c2ccc(OCC(=O)[O-])cc2)c1C.[Na+]. The molecule has 0 unspecified atom stereocenters. The number of carbonyl (C=O) groups is 1. The second-order valence-electron chi connectivity index (χ2n) is 8.99. The van der Waals surface area contributed by atoms with Gasteiger partial charge in [-0.3, -0.25) is 0 Å². The molecule has 0 bridgehead atoms. The maximum absolute atomic E-state index is 14.1. The number of carboxylic acids is 1. The molecule has 43 heavy (non-hydrogen) atoms. The van der Waals surface area contributed by atoms with Gasteiger partial charge in [0.05, 0.1) is 29.0 Å². The van der Waals surface area contributed by atoms with Gasteiger partial charge in [-0.1, -0.05) is 0 Å². The van der Waals surface area contributed by atoms with Crippen LogP contribution in [0.1, 0.15) is 5.56 Å². The van der Waals surface area contributed by atoms with Crippen LogP contribution in [0, 0.1) is 6.92 Å². The molecule has 3 heterocycles. The van der Waals surface area contributed by atoms with Crippen LogP contribution in [0.3, 0.4) is 0 Å². The maximum atomic E-state index is 14.1. The average Bonchev–Trinajstić information content (AvgIpc) is 3.65. The van der Waals surface area contributed by atoms with Crippen LogP contribution in [0.2, 0.25) is 0 Å². The number of ether oxygens (including phenoxy) is 2. The third kappa shape index (κ3) is 5.99. The molecule has 13 nitrogen and oxygen atoms in total. The number of sulfonamides is 1. The van der Waals surface area contributed by atoms with Gasteiger partial charge < -0.3 is 23.9 Å². The molecule has 0 aliphatic heterocycles. The zero-order valence-electron chi connectivity index (χ0n) is 23.5. The minimum Gasteiger partial charge on any atom is -0.546 e. The number of hydrogen-bond donors (Lipinski definition) is 0. The molecule has 0 amide bonds. The molecule has 0 saturated heterocycles. The van der Waals surface area contributed by atoms with E-state index in [1.165, 1.54) is 56.8 Å². The molecule has 0 spiro atoms. The zero-order valence-corrected chi connectivity index (χ0v) is 27.2. The standard InChI is InChI=1S/C27H25N5O8S2.Na/c1-18-24(39-3)12-13-28-26(18)30(2)42(37,38)27-29-22-11-6-19(31-14-4-5-15-31)16-23(22)32(27)41(35,36)21-9-7-20(8-10-21)40-17-25(33)34;/h4-16H,17H2,1-3H3,(H,33,34);/q;+1/p-1. The number of nitrogens with zero attached hydrogens (tertiary/aromatic N) is 5. The third-order valence-corrected chi connectivity index (χ3v) is 9.89. The van der Waals surface area contributed by atoms with Crippen molar-refractivity contribution >= 4 is 42.9 Å². The molecule has 0 fully saturated rings. The Balaban J connectivity index is 0.00000423. The molecule has 0 aliphatic rings. The van der Waals surface area contributed by atoms with Gasteiger partial charge in [0.1, 0.15) is 23.9 Å². The van der Waals surface area contributed by atoms with E-state index in [2.05, 4.69) is 9.97 Å². The minimum absolute atomic E-state index is 0. The van der Waals surface area contributed by atoms with E-state index in [0.717, 1.165) is 4.31 Å². The Labute approximate surface area is 269 Å². The minimum atomic E-state index is -4.63. The van der Waals surface area contributed by atoms with Crippen LogP contribution in [0.25, 0.3) is 16.7 Å². The summed E-state index contributed by atoms with van der Waals surface area (Å²) >= 11 is 0. The maximum Gasteiger partial charge on any atom is 1.00 e. The average molecular weight is 634 g/mol. The number of rotatable bonds is 10. The Morgan fingerprint density at radius 2 is 1.70 bits per heavy atom. The molecule has 5 rings (SSSR count). The van der Waals surface area contributed by atoms with Crippen LogP contribution in [-0.2, 0) is 24.8 Å². The van der Waals surface area contributed by atoms with Gasteiger partial charge in [0.15, 0.2) is 0 Å².